The second-order valence-corrected chi connectivity index (χ2v) is 7.79. The van der Waals surface area contributed by atoms with Gasteiger partial charge >= 0.3 is 0 Å². The number of anilines is 2. The predicted octanol–water partition coefficient (Wildman–Crippen LogP) is 3.77. The number of halogens is 3. The number of fused-ring (bicyclic) bond motifs is 2. The van der Waals surface area contributed by atoms with Crippen molar-refractivity contribution < 1.29 is 18.0 Å². The third-order valence-corrected chi connectivity index (χ3v) is 5.78. The lowest BCUT2D eigenvalue weighted by molar-refractivity contribution is -0.117. The van der Waals surface area contributed by atoms with Crippen molar-refractivity contribution in [2.45, 2.75) is 12.8 Å². The molecule has 162 valence electrons. The van der Waals surface area contributed by atoms with Crippen LogP contribution >= 0.6 is 0 Å². The molecular formula is C23H18F3N5O. The smallest absolute Gasteiger partial charge is 0.231 e. The first kappa shape index (κ1) is 20.0. The van der Waals surface area contributed by atoms with Crippen LogP contribution in [0.1, 0.15) is 11.1 Å². The van der Waals surface area contributed by atoms with Crippen molar-refractivity contribution in [2.75, 3.05) is 17.2 Å². The number of hydrogen-bond donors (Lipinski definition) is 1. The minimum absolute atomic E-state index is 0.302. The first-order valence-corrected chi connectivity index (χ1v) is 9.96. The number of aromatic nitrogens is 3. The molecule has 2 aromatic carbocycles. The van der Waals surface area contributed by atoms with Crippen LogP contribution in [0.4, 0.5) is 24.7 Å². The molecule has 0 saturated carbocycles. The fourth-order valence-corrected chi connectivity index (χ4v) is 4.28. The molecule has 1 aliphatic rings. The number of hydrogen-bond acceptors (Lipinski definition) is 4. The quantitative estimate of drug-likeness (QED) is 0.495. The van der Waals surface area contributed by atoms with E-state index in [0.29, 0.717) is 36.2 Å². The fraction of sp³-hybridized carbons (Fsp3) is 0.174. The van der Waals surface area contributed by atoms with Crippen molar-refractivity contribution in [1.29, 1.82) is 0 Å². The molecule has 32 heavy (non-hydrogen) atoms. The molecule has 2 aromatic heterocycles. The summed E-state index contributed by atoms with van der Waals surface area (Å²) in [7, 11) is 1.88. The first-order chi connectivity index (χ1) is 15.3. The van der Waals surface area contributed by atoms with Crippen LogP contribution in [-0.2, 0) is 24.7 Å². The van der Waals surface area contributed by atoms with Crippen LogP contribution in [0.15, 0.2) is 42.9 Å². The Morgan fingerprint density at radius 1 is 1.16 bits per heavy atom. The van der Waals surface area contributed by atoms with Crippen molar-refractivity contribution in [1.82, 2.24) is 14.5 Å². The molecule has 0 atom stereocenters. The van der Waals surface area contributed by atoms with Crippen molar-refractivity contribution in [3.63, 3.8) is 0 Å². The van der Waals surface area contributed by atoms with E-state index in [-0.39, 0.29) is 5.56 Å². The van der Waals surface area contributed by atoms with E-state index in [2.05, 4.69) is 9.97 Å². The Bertz CT molecular complexity index is 1400. The van der Waals surface area contributed by atoms with Gasteiger partial charge in [0.1, 0.15) is 23.6 Å². The Hall–Kier alpha value is -3.88. The third kappa shape index (κ3) is 3.17. The van der Waals surface area contributed by atoms with Crippen molar-refractivity contribution in [3.05, 3.63) is 71.4 Å². The molecule has 0 unspecified atom stereocenters. The zero-order valence-electron chi connectivity index (χ0n) is 17.1. The van der Waals surface area contributed by atoms with Crippen LogP contribution in [0.5, 0.6) is 0 Å². The lowest BCUT2D eigenvalue weighted by Crippen LogP contribution is -2.30. The molecule has 0 aliphatic carbocycles. The number of rotatable bonds is 3. The molecule has 1 aliphatic heterocycles. The maximum absolute atomic E-state index is 14.0. The summed E-state index contributed by atoms with van der Waals surface area (Å²) in [6.07, 6.45) is 3.52. The normalized spacial score (nSPS) is 13.1. The molecule has 0 fully saturated rings. The zero-order valence-corrected chi connectivity index (χ0v) is 17.1. The number of nitrogen functional groups attached to an aromatic ring is 1. The summed E-state index contributed by atoms with van der Waals surface area (Å²) in [6.45, 7) is 0.401. The molecule has 0 spiro atoms. The van der Waals surface area contributed by atoms with E-state index in [1.807, 2.05) is 36.0 Å². The summed E-state index contributed by atoms with van der Waals surface area (Å²) in [5.74, 6) is -3.48. The molecule has 3 heterocycles. The standard InChI is InChI=1S/C23H18F3N5O/c1-30-10-16(20-22(27)28-11-29-23(20)30)12-2-3-18-13(6-12)4-5-31(18)19(32)8-14-7-15(24)9-17(25)21(14)26/h2-3,6-7,9-11H,4-5,8H2,1H3,(H2,27,28,29). The van der Waals surface area contributed by atoms with E-state index in [4.69, 9.17) is 5.73 Å². The van der Waals surface area contributed by atoms with E-state index < -0.39 is 29.8 Å². The Morgan fingerprint density at radius 3 is 2.78 bits per heavy atom. The molecule has 6 nitrogen and oxygen atoms in total. The maximum atomic E-state index is 14.0. The summed E-state index contributed by atoms with van der Waals surface area (Å²) in [4.78, 5) is 22.7. The summed E-state index contributed by atoms with van der Waals surface area (Å²) in [5, 5.41) is 0.754. The molecule has 0 radical (unpaired) electrons. The van der Waals surface area contributed by atoms with Gasteiger partial charge in [0, 0.05) is 42.7 Å². The highest BCUT2D eigenvalue weighted by Crippen LogP contribution is 2.37. The van der Waals surface area contributed by atoms with Gasteiger partial charge in [0.25, 0.3) is 0 Å². The number of benzene rings is 2. The summed E-state index contributed by atoms with van der Waals surface area (Å²) in [6, 6.07) is 6.97. The van der Waals surface area contributed by atoms with Gasteiger partial charge in [-0.3, -0.25) is 4.79 Å². The molecule has 9 heteroatoms. The van der Waals surface area contributed by atoms with Gasteiger partial charge in [0.2, 0.25) is 5.91 Å². The van der Waals surface area contributed by atoms with Gasteiger partial charge in [-0.2, -0.15) is 0 Å². The van der Waals surface area contributed by atoms with Crippen molar-refractivity contribution >= 4 is 28.4 Å². The summed E-state index contributed by atoms with van der Waals surface area (Å²) >= 11 is 0. The second-order valence-electron chi connectivity index (χ2n) is 7.79. The minimum Gasteiger partial charge on any atom is -0.383 e. The van der Waals surface area contributed by atoms with Gasteiger partial charge < -0.3 is 15.2 Å². The highest BCUT2D eigenvalue weighted by Gasteiger charge is 2.27. The zero-order chi connectivity index (χ0) is 22.6. The lowest BCUT2D eigenvalue weighted by Gasteiger charge is -2.18. The van der Waals surface area contributed by atoms with Crippen LogP contribution in [0.2, 0.25) is 0 Å². The third-order valence-electron chi connectivity index (χ3n) is 5.78. The number of aryl methyl sites for hydroxylation is 1. The number of nitrogens with two attached hydrogens (primary N) is 1. The number of carbonyl (C=O) groups excluding carboxylic acids is 1. The van der Waals surface area contributed by atoms with Crippen LogP contribution in [0.3, 0.4) is 0 Å². The second kappa shape index (κ2) is 7.37. The van der Waals surface area contributed by atoms with Crippen LogP contribution in [0.25, 0.3) is 22.2 Å². The Balaban J connectivity index is 1.47. The molecule has 1 amide bonds. The Kier molecular flexibility index (Phi) is 4.61. The van der Waals surface area contributed by atoms with Gasteiger partial charge in [-0.15, -0.1) is 0 Å². The average molecular weight is 437 g/mol. The molecular weight excluding hydrogens is 419 g/mol. The van der Waals surface area contributed by atoms with E-state index in [1.54, 1.807) is 0 Å². The highest BCUT2D eigenvalue weighted by atomic mass is 19.2. The number of amides is 1. The van der Waals surface area contributed by atoms with Crippen molar-refractivity contribution in [3.8, 4) is 11.1 Å². The monoisotopic (exact) mass is 437 g/mol. The Labute approximate surface area is 181 Å². The van der Waals surface area contributed by atoms with Crippen LogP contribution in [0, 0.1) is 17.5 Å². The fourth-order valence-electron chi connectivity index (χ4n) is 4.28. The molecule has 0 bridgehead atoms. The average Bonchev–Trinajstić information content (AvgIpc) is 3.33. The van der Waals surface area contributed by atoms with Crippen LogP contribution < -0.4 is 10.6 Å². The molecule has 2 N–H and O–H groups in total. The number of carbonyl (C=O) groups is 1. The predicted molar refractivity (Wildman–Crippen MR) is 114 cm³/mol. The largest absolute Gasteiger partial charge is 0.383 e. The van der Waals surface area contributed by atoms with Gasteiger partial charge in [0.05, 0.1) is 11.8 Å². The summed E-state index contributed by atoms with van der Waals surface area (Å²) < 4.78 is 42.8. The van der Waals surface area contributed by atoms with E-state index in [1.165, 1.54) is 11.2 Å². The van der Waals surface area contributed by atoms with Gasteiger partial charge in [-0.05, 0) is 35.7 Å². The van der Waals surface area contributed by atoms with Gasteiger partial charge in [-0.1, -0.05) is 6.07 Å². The van der Waals surface area contributed by atoms with E-state index in [9.17, 15) is 18.0 Å². The minimum atomic E-state index is -1.31. The highest BCUT2D eigenvalue weighted by molar-refractivity contribution is 6.02. The lowest BCUT2D eigenvalue weighted by atomic mass is 10.0. The topological polar surface area (TPSA) is 77.0 Å². The van der Waals surface area contributed by atoms with E-state index in [0.717, 1.165) is 28.1 Å². The molecule has 0 saturated heterocycles. The maximum Gasteiger partial charge on any atom is 0.231 e. The SMILES string of the molecule is Cn1cc(-c2ccc3c(c2)CCN3C(=O)Cc2cc(F)cc(F)c2F)c2c(N)ncnc21. The van der Waals surface area contributed by atoms with Crippen molar-refractivity contribution in [2.24, 2.45) is 7.05 Å². The van der Waals surface area contributed by atoms with E-state index >= 15 is 0 Å². The first-order valence-electron chi connectivity index (χ1n) is 9.96. The molecule has 5 rings (SSSR count). The number of nitrogens with zero attached hydrogens (tertiary/aromatic N) is 4. The van der Waals surface area contributed by atoms with Gasteiger partial charge in [-0.25, -0.2) is 23.1 Å². The molecule has 4 aromatic rings. The van der Waals surface area contributed by atoms with Gasteiger partial charge in [0.15, 0.2) is 11.6 Å². The van der Waals surface area contributed by atoms with Crippen LogP contribution in [-0.4, -0.2) is 27.0 Å². The Morgan fingerprint density at radius 2 is 1.97 bits per heavy atom. The summed E-state index contributed by atoms with van der Waals surface area (Å²) in [5.41, 5.74) is 9.92.